The monoisotopic (exact) mass is 341 g/mol. The fraction of sp³-hybridized carbons (Fsp3) is 0.300. The highest BCUT2D eigenvalue weighted by molar-refractivity contribution is 5.92. The van der Waals surface area contributed by atoms with Crippen molar-refractivity contribution in [2.75, 3.05) is 18.5 Å². The Morgan fingerprint density at radius 2 is 1.68 bits per heavy atom. The molecule has 132 valence electrons. The Hall–Kier alpha value is -2.66. The number of ether oxygens (including phenoxy) is 1. The molecule has 2 rings (SSSR count). The van der Waals surface area contributed by atoms with Gasteiger partial charge in [0.05, 0.1) is 13.0 Å². The van der Waals surface area contributed by atoms with Gasteiger partial charge in [-0.15, -0.1) is 0 Å². The molecular formula is C20H23NO4. The van der Waals surface area contributed by atoms with Crippen molar-refractivity contribution in [2.45, 2.75) is 25.7 Å². The first kappa shape index (κ1) is 18.7. The van der Waals surface area contributed by atoms with Crippen molar-refractivity contribution in [3.8, 4) is 0 Å². The second kappa shape index (κ2) is 10.3. The van der Waals surface area contributed by atoms with Gasteiger partial charge in [0.2, 0.25) is 5.91 Å². The molecule has 5 heteroatoms. The van der Waals surface area contributed by atoms with Crippen molar-refractivity contribution in [3.63, 3.8) is 0 Å². The quantitative estimate of drug-likeness (QED) is 0.650. The van der Waals surface area contributed by atoms with Crippen molar-refractivity contribution in [1.29, 1.82) is 0 Å². The zero-order valence-corrected chi connectivity index (χ0v) is 14.1. The second-order valence-corrected chi connectivity index (χ2v) is 5.73. The summed E-state index contributed by atoms with van der Waals surface area (Å²) in [5.41, 5.74) is 2.39. The van der Waals surface area contributed by atoms with E-state index < -0.39 is 5.97 Å². The highest BCUT2D eigenvalue weighted by atomic mass is 16.5. The maximum atomic E-state index is 12.0. The lowest BCUT2D eigenvalue weighted by Crippen LogP contribution is -2.14. The minimum absolute atomic E-state index is 0.112. The number of carboxylic acids is 1. The van der Waals surface area contributed by atoms with E-state index in [1.54, 1.807) is 24.3 Å². The molecule has 0 fully saturated rings. The Kier molecular flexibility index (Phi) is 7.66. The van der Waals surface area contributed by atoms with E-state index in [0.29, 0.717) is 37.3 Å². The number of para-hydroxylation sites is 1. The summed E-state index contributed by atoms with van der Waals surface area (Å²) in [7, 11) is 0. The molecule has 0 aliphatic carbocycles. The molecule has 0 atom stereocenters. The van der Waals surface area contributed by atoms with Gasteiger partial charge in [0, 0.05) is 18.7 Å². The molecule has 2 aromatic rings. The summed E-state index contributed by atoms with van der Waals surface area (Å²) < 4.78 is 5.56. The van der Waals surface area contributed by atoms with Gasteiger partial charge in [-0.2, -0.15) is 0 Å². The SMILES string of the molecule is O=C(O)Cc1ccccc1NC(=O)CCCOCCc1ccccc1. The highest BCUT2D eigenvalue weighted by Crippen LogP contribution is 2.16. The first-order valence-electron chi connectivity index (χ1n) is 8.36. The topological polar surface area (TPSA) is 75.6 Å². The molecule has 2 N–H and O–H groups in total. The lowest BCUT2D eigenvalue weighted by molar-refractivity contribution is -0.136. The van der Waals surface area contributed by atoms with Crippen LogP contribution in [0.2, 0.25) is 0 Å². The molecule has 1 amide bonds. The number of aliphatic carboxylic acids is 1. The Bertz CT molecular complexity index is 685. The standard InChI is InChI=1S/C20H23NO4/c22-19(21-18-10-5-4-9-17(18)15-20(23)24)11-6-13-25-14-12-16-7-2-1-3-8-16/h1-5,7-10H,6,11-15H2,(H,21,22)(H,23,24). The third kappa shape index (κ3) is 7.18. The Morgan fingerprint density at radius 3 is 2.44 bits per heavy atom. The number of rotatable bonds is 10. The average Bonchev–Trinajstić information content (AvgIpc) is 2.60. The van der Waals surface area contributed by atoms with Crippen LogP contribution >= 0.6 is 0 Å². The Morgan fingerprint density at radius 1 is 0.960 bits per heavy atom. The highest BCUT2D eigenvalue weighted by Gasteiger charge is 2.09. The summed E-state index contributed by atoms with van der Waals surface area (Å²) in [6, 6.07) is 17.1. The van der Waals surface area contributed by atoms with Crippen LogP contribution in [-0.2, 0) is 27.2 Å². The number of benzene rings is 2. The van der Waals surface area contributed by atoms with Crippen LogP contribution < -0.4 is 5.32 Å². The van der Waals surface area contributed by atoms with Gasteiger partial charge < -0.3 is 15.2 Å². The largest absolute Gasteiger partial charge is 0.481 e. The average molecular weight is 341 g/mol. The van der Waals surface area contributed by atoms with Crippen LogP contribution in [0.15, 0.2) is 54.6 Å². The van der Waals surface area contributed by atoms with Gasteiger partial charge in [0.25, 0.3) is 0 Å². The number of anilines is 1. The van der Waals surface area contributed by atoms with E-state index in [2.05, 4.69) is 17.4 Å². The van der Waals surface area contributed by atoms with Crippen LogP contribution in [0.4, 0.5) is 5.69 Å². The molecular weight excluding hydrogens is 318 g/mol. The van der Waals surface area contributed by atoms with Crippen LogP contribution in [0.25, 0.3) is 0 Å². The molecule has 0 saturated heterocycles. The molecule has 0 aromatic heterocycles. The van der Waals surface area contributed by atoms with E-state index in [1.807, 2.05) is 18.2 Å². The van der Waals surface area contributed by atoms with E-state index in [-0.39, 0.29) is 12.3 Å². The van der Waals surface area contributed by atoms with Gasteiger partial charge in [0.1, 0.15) is 0 Å². The second-order valence-electron chi connectivity index (χ2n) is 5.73. The number of carbonyl (C=O) groups is 2. The summed E-state index contributed by atoms with van der Waals surface area (Å²) in [4.78, 5) is 22.8. The van der Waals surface area contributed by atoms with Crippen LogP contribution in [0.1, 0.15) is 24.0 Å². The third-order valence-electron chi connectivity index (χ3n) is 3.70. The van der Waals surface area contributed by atoms with Crippen molar-refractivity contribution in [3.05, 3.63) is 65.7 Å². The molecule has 0 aliphatic rings. The zero-order chi connectivity index (χ0) is 17.9. The van der Waals surface area contributed by atoms with Crippen molar-refractivity contribution in [2.24, 2.45) is 0 Å². The first-order valence-corrected chi connectivity index (χ1v) is 8.36. The molecule has 25 heavy (non-hydrogen) atoms. The van der Waals surface area contributed by atoms with Crippen LogP contribution in [0.3, 0.4) is 0 Å². The minimum atomic E-state index is -0.923. The number of carboxylic acid groups (broad SMARTS) is 1. The summed E-state index contributed by atoms with van der Waals surface area (Å²) in [5.74, 6) is -1.06. The normalized spacial score (nSPS) is 10.4. The fourth-order valence-electron chi connectivity index (χ4n) is 2.44. The molecule has 0 unspecified atom stereocenters. The lowest BCUT2D eigenvalue weighted by atomic mass is 10.1. The molecule has 0 aliphatic heterocycles. The molecule has 5 nitrogen and oxygen atoms in total. The van der Waals surface area contributed by atoms with E-state index in [4.69, 9.17) is 9.84 Å². The maximum absolute atomic E-state index is 12.0. The zero-order valence-electron chi connectivity index (χ0n) is 14.1. The van der Waals surface area contributed by atoms with Crippen LogP contribution in [0, 0.1) is 0 Å². The minimum Gasteiger partial charge on any atom is -0.481 e. The van der Waals surface area contributed by atoms with E-state index in [9.17, 15) is 9.59 Å². The van der Waals surface area contributed by atoms with E-state index in [1.165, 1.54) is 5.56 Å². The van der Waals surface area contributed by atoms with Gasteiger partial charge in [-0.1, -0.05) is 48.5 Å². The number of hydrogen-bond acceptors (Lipinski definition) is 3. The van der Waals surface area contributed by atoms with Crippen LogP contribution in [0.5, 0.6) is 0 Å². The maximum Gasteiger partial charge on any atom is 0.307 e. The van der Waals surface area contributed by atoms with Crippen molar-refractivity contribution >= 4 is 17.6 Å². The fourth-order valence-corrected chi connectivity index (χ4v) is 2.44. The molecule has 0 spiro atoms. The number of nitrogens with one attached hydrogen (secondary N) is 1. The predicted molar refractivity (Wildman–Crippen MR) is 96.6 cm³/mol. The Balaban J connectivity index is 1.65. The van der Waals surface area contributed by atoms with Gasteiger partial charge in [-0.3, -0.25) is 9.59 Å². The lowest BCUT2D eigenvalue weighted by Gasteiger charge is -2.10. The first-order chi connectivity index (χ1) is 12.1. The predicted octanol–water partition coefficient (Wildman–Crippen LogP) is 3.29. The molecule has 0 bridgehead atoms. The van der Waals surface area contributed by atoms with Crippen molar-refractivity contribution < 1.29 is 19.4 Å². The van der Waals surface area contributed by atoms with Crippen molar-refractivity contribution in [1.82, 2.24) is 0 Å². The Labute approximate surface area is 147 Å². The molecule has 2 aromatic carbocycles. The van der Waals surface area contributed by atoms with Gasteiger partial charge in [-0.25, -0.2) is 0 Å². The molecule has 0 heterocycles. The van der Waals surface area contributed by atoms with E-state index in [0.717, 1.165) is 6.42 Å². The number of hydrogen-bond donors (Lipinski definition) is 2. The van der Waals surface area contributed by atoms with Gasteiger partial charge in [0.15, 0.2) is 0 Å². The van der Waals surface area contributed by atoms with Gasteiger partial charge >= 0.3 is 5.97 Å². The third-order valence-corrected chi connectivity index (χ3v) is 3.70. The molecule has 0 radical (unpaired) electrons. The van der Waals surface area contributed by atoms with E-state index >= 15 is 0 Å². The van der Waals surface area contributed by atoms with Gasteiger partial charge in [-0.05, 0) is 30.0 Å². The van der Waals surface area contributed by atoms with Crippen LogP contribution in [-0.4, -0.2) is 30.2 Å². The summed E-state index contributed by atoms with van der Waals surface area (Å²) in [6.45, 7) is 1.16. The smallest absolute Gasteiger partial charge is 0.307 e. The summed E-state index contributed by atoms with van der Waals surface area (Å²) in [5, 5.41) is 11.7. The molecule has 0 saturated carbocycles. The summed E-state index contributed by atoms with van der Waals surface area (Å²) in [6.07, 6.45) is 1.71. The number of amides is 1. The summed E-state index contributed by atoms with van der Waals surface area (Å²) >= 11 is 0. The number of carbonyl (C=O) groups excluding carboxylic acids is 1.